The van der Waals surface area contributed by atoms with Crippen LogP contribution in [0, 0.1) is 11.3 Å². The number of nitrogens with one attached hydrogen (secondary N) is 1. The number of rotatable bonds is 5. The van der Waals surface area contributed by atoms with E-state index in [1.165, 1.54) is 0 Å². The van der Waals surface area contributed by atoms with Gasteiger partial charge in [0.1, 0.15) is 5.01 Å². The third-order valence-electron chi connectivity index (χ3n) is 3.74. The number of hydrogen-bond donors (Lipinski definition) is 1. The van der Waals surface area contributed by atoms with Crippen molar-refractivity contribution in [3.8, 4) is 6.07 Å². The first-order chi connectivity index (χ1) is 11.7. The Morgan fingerprint density at radius 2 is 2.25 bits per heavy atom. The molecule has 0 aliphatic carbocycles. The zero-order chi connectivity index (χ0) is 16.8. The lowest BCUT2D eigenvalue weighted by atomic mass is 10.1. The van der Waals surface area contributed by atoms with Crippen molar-refractivity contribution in [2.75, 3.05) is 26.3 Å². The number of nitrogens with zero attached hydrogens (tertiary/aromatic N) is 3. The van der Waals surface area contributed by atoms with Crippen LogP contribution in [-0.2, 0) is 17.8 Å². The van der Waals surface area contributed by atoms with Crippen molar-refractivity contribution in [1.82, 2.24) is 15.2 Å². The van der Waals surface area contributed by atoms with Crippen molar-refractivity contribution < 1.29 is 9.53 Å². The highest BCUT2D eigenvalue weighted by molar-refractivity contribution is 7.09. The van der Waals surface area contributed by atoms with E-state index < -0.39 is 0 Å². The molecule has 0 spiro atoms. The van der Waals surface area contributed by atoms with Gasteiger partial charge in [-0.2, -0.15) is 5.26 Å². The summed E-state index contributed by atoms with van der Waals surface area (Å²) in [5.41, 5.74) is 1.99. The van der Waals surface area contributed by atoms with Gasteiger partial charge >= 0.3 is 0 Å². The summed E-state index contributed by atoms with van der Waals surface area (Å²) < 4.78 is 5.34. The fourth-order valence-electron chi connectivity index (χ4n) is 2.48. The van der Waals surface area contributed by atoms with E-state index in [-0.39, 0.29) is 5.91 Å². The van der Waals surface area contributed by atoms with Crippen LogP contribution in [0.3, 0.4) is 0 Å². The topological polar surface area (TPSA) is 78.2 Å². The maximum atomic E-state index is 12.1. The third kappa shape index (κ3) is 4.38. The van der Waals surface area contributed by atoms with E-state index in [1.54, 1.807) is 35.6 Å². The molecule has 1 amide bonds. The summed E-state index contributed by atoms with van der Waals surface area (Å²) in [7, 11) is 0. The summed E-state index contributed by atoms with van der Waals surface area (Å²) in [6.07, 6.45) is 0. The van der Waals surface area contributed by atoms with Crippen molar-refractivity contribution in [3.63, 3.8) is 0 Å². The number of amides is 1. The quantitative estimate of drug-likeness (QED) is 0.896. The first-order valence-electron chi connectivity index (χ1n) is 7.76. The lowest BCUT2D eigenvalue weighted by molar-refractivity contribution is 0.0337. The molecule has 1 N–H and O–H groups in total. The van der Waals surface area contributed by atoms with Gasteiger partial charge in [0.05, 0.1) is 37.1 Å². The fourth-order valence-corrected chi connectivity index (χ4v) is 3.20. The number of nitriles is 1. The highest BCUT2D eigenvalue weighted by Gasteiger charge is 2.13. The van der Waals surface area contributed by atoms with Gasteiger partial charge in [-0.15, -0.1) is 11.3 Å². The minimum absolute atomic E-state index is 0.197. The largest absolute Gasteiger partial charge is 0.379 e. The van der Waals surface area contributed by atoms with Gasteiger partial charge in [-0.3, -0.25) is 9.69 Å². The van der Waals surface area contributed by atoms with Gasteiger partial charge in [0.2, 0.25) is 0 Å². The van der Waals surface area contributed by atoms with E-state index >= 15 is 0 Å². The molecule has 1 fully saturated rings. The third-order valence-corrected chi connectivity index (χ3v) is 4.64. The van der Waals surface area contributed by atoms with Gasteiger partial charge in [-0.05, 0) is 18.2 Å². The number of carbonyl (C=O) groups is 1. The van der Waals surface area contributed by atoms with E-state index in [2.05, 4.69) is 15.2 Å². The second-order valence-electron chi connectivity index (χ2n) is 5.50. The predicted molar refractivity (Wildman–Crippen MR) is 90.5 cm³/mol. The van der Waals surface area contributed by atoms with Crippen LogP contribution in [0.4, 0.5) is 0 Å². The maximum absolute atomic E-state index is 12.1. The molecule has 1 aromatic heterocycles. The molecule has 1 aliphatic heterocycles. The molecule has 1 aliphatic rings. The Morgan fingerprint density at radius 3 is 3.04 bits per heavy atom. The van der Waals surface area contributed by atoms with Crippen LogP contribution >= 0.6 is 11.3 Å². The Kier molecular flexibility index (Phi) is 5.54. The maximum Gasteiger partial charge on any atom is 0.251 e. The van der Waals surface area contributed by atoms with Crippen LogP contribution in [0.2, 0.25) is 0 Å². The molecule has 1 saturated heterocycles. The van der Waals surface area contributed by atoms with E-state index in [1.807, 2.05) is 11.4 Å². The van der Waals surface area contributed by atoms with Crippen molar-refractivity contribution in [1.29, 1.82) is 5.26 Å². The molecule has 0 unspecified atom stereocenters. The molecule has 0 atom stereocenters. The molecular formula is C17H18N4O2S. The molecular weight excluding hydrogens is 324 g/mol. The summed E-state index contributed by atoms with van der Waals surface area (Å²) in [6.45, 7) is 4.61. The van der Waals surface area contributed by atoms with E-state index in [4.69, 9.17) is 10.00 Å². The van der Waals surface area contributed by atoms with Gasteiger partial charge in [-0.1, -0.05) is 6.07 Å². The van der Waals surface area contributed by atoms with Crippen molar-refractivity contribution >= 4 is 17.2 Å². The van der Waals surface area contributed by atoms with E-state index in [0.717, 1.165) is 43.5 Å². The SMILES string of the molecule is N#Cc1cccc(C(=O)NCc2nc(CN3CCOCC3)cs2)c1. The molecule has 0 bridgehead atoms. The number of thiazole rings is 1. The fraction of sp³-hybridized carbons (Fsp3) is 0.353. The van der Waals surface area contributed by atoms with E-state index in [0.29, 0.717) is 17.7 Å². The van der Waals surface area contributed by atoms with E-state index in [9.17, 15) is 4.79 Å². The Balaban J connectivity index is 1.53. The van der Waals surface area contributed by atoms with Crippen LogP contribution in [0.1, 0.15) is 26.6 Å². The van der Waals surface area contributed by atoms with Crippen LogP contribution in [0.25, 0.3) is 0 Å². The molecule has 124 valence electrons. The number of aromatic nitrogens is 1. The first kappa shape index (κ1) is 16.6. The van der Waals surface area contributed by atoms with Crippen molar-refractivity contribution in [3.05, 3.63) is 51.5 Å². The van der Waals surface area contributed by atoms with Gasteiger partial charge in [0.15, 0.2) is 0 Å². The minimum atomic E-state index is -0.197. The van der Waals surface area contributed by atoms with Gasteiger partial charge in [0, 0.05) is 30.6 Å². The number of carbonyl (C=O) groups excluding carboxylic acids is 1. The lowest BCUT2D eigenvalue weighted by Gasteiger charge is -2.25. The normalized spacial score (nSPS) is 15.0. The summed E-state index contributed by atoms with van der Waals surface area (Å²) in [5, 5.41) is 14.6. The number of morpholine rings is 1. The Morgan fingerprint density at radius 1 is 1.42 bits per heavy atom. The van der Waals surface area contributed by atoms with Crippen LogP contribution < -0.4 is 5.32 Å². The molecule has 3 rings (SSSR count). The Labute approximate surface area is 144 Å². The highest BCUT2D eigenvalue weighted by atomic mass is 32.1. The van der Waals surface area contributed by atoms with Crippen LogP contribution in [-0.4, -0.2) is 42.1 Å². The summed E-state index contributed by atoms with van der Waals surface area (Å²) in [5.74, 6) is -0.197. The smallest absolute Gasteiger partial charge is 0.251 e. The molecule has 24 heavy (non-hydrogen) atoms. The zero-order valence-corrected chi connectivity index (χ0v) is 14.0. The highest BCUT2D eigenvalue weighted by Crippen LogP contribution is 2.13. The standard InChI is InChI=1S/C17H18N4O2S/c18-9-13-2-1-3-14(8-13)17(22)19-10-16-20-15(12-24-16)11-21-4-6-23-7-5-21/h1-3,8,12H,4-7,10-11H2,(H,19,22). The van der Waals surface area contributed by atoms with Gasteiger partial charge < -0.3 is 10.1 Å². The van der Waals surface area contributed by atoms with Gasteiger partial charge in [-0.25, -0.2) is 4.98 Å². The molecule has 2 heterocycles. The minimum Gasteiger partial charge on any atom is -0.379 e. The zero-order valence-electron chi connectivity index (χ0n) is 13.2. The molecule has 0 saturated carbocycles. The van der Waals surface area contributed by atoms with Gasteiger partial charge in [0.25, 0.3) is 5.91 Å². The number of ether oxygens (including phenoxy) is 1. The molecule has 2 aromatic rings. The Hall–Kier alpha value is -2.27. The summed E-state index contributed by atoms with van der Waals surface area (Å²) in [6, 6.07) is 8.70. The summed E-state index contributed by atoms with van der Waals surface area (Å²) >= 11 is 1.55. The van der Waals surface area contributed by atoms with Crippen LogP contribution in [0.15, 0.2) is 29.6 Å². The lowest BCUT2D eigenvalue weighted by Crippen LogP contribution is -2.35. The average molecular weight is 342 g/mol. The summed E-state index contributed by atoms with van der Waals surface area (Å²) in [4.78, 5) is 19.0. The van der Waals surface area contributed by atoms with Crippen molar-refractivity contribution in [2.45, 2.75) is 13.1 Å². The second kappa shape index (κ2) is 8.02. The molecule has 6 nitrogen and oxygen atoms in total. The molecule has 0 radical (unpaired) electrons. The second-order valence-corrected chi connectivity index (χ2v) is 6.44. The Bertz CT molecular complexity index is 747. The number of benzene rings is 1. The molecule has 7 heteroatoms. The monoisotopic (exact) mass is 342 g/mol. The van der Waals surface area contributed by atoms with Crippen LogP contribution in [0.5, 0.6) is 0 Å². The first-order valence-corrected chi connectivity index (χ1v) is 8.64. The molecule has 1 aromatic carbocycles. The number of hydrogen-bond acceptors (Lipinski definition) is 6. The predicted octanol–water partition coefficient (Wildman–Crippen LogP) is 1.78. The van der Waals surface area contributed by atoms with Crippen molar-refractivity contribution in [2.24, 2.45) is 0 Å². The average Bonchev–Trinajstić information content (AvgIpc) is 3.08.